The molecule has 0 saturated carbocycles. The molecule has 0 aliphatic rings. The SMILES string of the molecule is O=S(=O)(Nc1cccc(I)c1)c1ccc(Cl)c(Cl)c1. The smallest absolute Gasteiger partial charge is 0.261 e. The molecule has 19 heavy (non-hydrogen) atoms. The van der Waals surface area contributed by atoms with E-state index in [1.54, 1.807) is 18.2 Å². The second-order valence-corrected chi connectivity index (χ2v) is 7.43. The third-order valence-electron chi connectivity index (χ3n) is 2.28. The van der Waals surface area contributed by atoms with E-state index in [0.717, 1.165) is 3.57 Å². The predicted octanol–water partition coefficient (Wildman–Crippen LogP) is 4.40. The van der Waals surface area contributed by atoms with E-state index in [0.29, 0.717) is 10.7 Å². The molecule has 0 amide bonds. The number of hydrogen-bond donors (Lipinski definition) is 1. The molecule has 1 N–H and O–H groups in total. The van der Waals surface area contributed by atoms with E-state index in [2.05, 4.69) is 27.3 Å². The minimum absolute atomic E-state index is 0.0701. The second-order valence-electron chi connectivity index (χ2n) is 3.69. The second kappa shape index (κ2) is 5.87. The largest absolute Gasteiger partial charge is 0.280 e. The molecule has 0 bridgehead atoms. The number of halogens is 3. The lowest BCUT2D eigenvalue weighted by molar-refractivity contribution is 0.601. The average molecular weight is 428 g/mol. The molecular weight excluding hydrogens is 420 g/mol. The lowest BCUT2D eigenvalue weighted by atomic mass is 10.3. The van der Waals surface area contributed by atoms with Crippen molar-refractivity contribution in [3.63, 3.8) is 0 Å². The van der Waals surface area contributed by atoms with E-state index in [1.165, 1.54) is 18.2 Å². The van der Waals surface area contributed by atoms with Gasteiger partial charge in [-0.25, -0.2) is 8.42 Å². The number of rotatable bonds is 3. The van der Waals surface area contributed by atoms with Crippen molar-refractivity contribution in [1.29, 1.82) is 0 Å². The quantitative estimate of drug-likeness (QED) is 0.738. The van der Waals surface area contributed by atoms with Crippen molar-refractivity contribution < 1.29 is 8.42 Å². The summed E-state index contributed by atoms with van der Waals surface area (Å²) >= 11 is 13.7. The first-order chi connectivity index (χ1) is 8.88. The first-order valence-electron chi connectivity index (χ1n) is 5.12. The van der Waals surface area contributed by atoms with E-state index in [-0.39, 0.29) is 9.92 Å². The highest BCUT2D eigenvalue weighted by atomic mass is 127. The first-order valence-corrected chi connectivity index (χ1v) is 8.44. The summed E-state index contributed by atoms with van der Waals surface area (Å²) in [4.78, 5) is 0.0701. The number of nitrogens with one attached hydrogen (secondary N) is 1. The van der Waals surface area contributed by atoms with Gasteiger partial charge in [-0.3, -0.25) is 4.72 Å². The molecule has 0 saturated heterocycles. The summed E-state index contributed by atoms with van der Waals surface area (Å²) in [5.41, 5.74) is 0.498. The van der Waals surface area contributed by atoms with Crippen molar-refractivity contribution in [3.8, 4) is 0 Å². The predicted molar refractivity (Wildman–Crippen MR) is 86.4 cm³/mol. The molecule has 0 aromatic heterocycles. The van der Waals surface area contributed by atoms with Crippen LogP contribution >= 0.6 is 45.8 Å². The fraction of sp³-hybridized carbons (Fsp3) is 0. The Kier molecular flexibility index (Phi) is 4.60. The Hall–Kier alpha value is -0.500. The van der Waals surface area contributed by atoms with Gasteiger partial charge in [-0.1, -0.05) is 29.3 Å². The molecule has 7 heteroatoms. The van der Waals surface area contributed by atoms with E-state index in [9.17, 15) is 8.42 Å². The zero-order valence-corrected chi connectivity index (χ0v) is 13.9. The summed E-state index contributed by atoms with van der Waals surface area (Å²) in [6.07, 6.45) is 0. The zero-order chi connectivity index (χ0) is 14.0. The van der Waals surface area contributed by atoms with Crippen LogP contribution in [0.1, 0.15) is 0 Å². The average Bonchev–Trinajstić information content (AvgIpc) is 2.32. The van der Waals surface area contributed by atoms with Crippen LogP contribution in [0.3, 0.4) is 0 Å². The van der Waals surface area contributed by atoms with Crippen molar-refractivity contribution in [3.05, 3.63) is 56.1 Å². The number of anilines is 1. The van der Waals surface area contributed by atoms with Crippen LogP contribution in [-0.2, 0) is 10.0 Å². The van der Waals surface area contributed by atoms with Gasteiger partial charge in [0.2, 0.25) is 0 Å². The molecule has 0 aliphatic heterocycles. The van der Waals surface area contributed by atoms with Gasteiger partial charge >= 0.3 is 0 Å². The van der Waals surface area contributed by atoms with Crippen LogP contribution in [0.5, 0.6) is 0 Å². The topological polar surface area (TPSA) is 46.2 Å². The molecule has 3 nitrogen and oxygen atoms in total. The monoisotopic (exact) mass is 427 g/mol. The minimum atomic E-state index is -3.67. The molecule has 0 unspecified atom stereocenters. The van der Waals surface area contributed by atoms with Crippen LogP contribution < -0.4 is 4.72 Å². The van der Waals surface area contributed by atoms with Crippen molar-refractivity contribution in [2.45, 2.75) is 4.90 Å². The Morgan fingerprint density at radius 3 is 2.37 bits per heavy atom. The maximum atomic E-state index is 12.2. The van der Waals surface area contributed by atoms with Gasteiger partial charge in [0.1, 0.15) is 0 Å². The van der Waals surface area contributed by atoms with Gasteiger partial charge in [0.25, 0.3) is 10.0 Å². The van der Waals surface area contributed by atoms with Gasteiger partial charge in [0, 0.05) is 9.26 Å². The summed E-state index contributed by atoms with van der Waals surface area (Å²) < 4.78 is 27.7. The molecule has 0 spiro atoms. The highest BCUT2D eigenvalue weighted by Gasteiger charge is 2.15. The number of hydrogen-bond acceptors (Lipinski definition) is 2. The molecule has 0 atom stereocenters. The fourth-order valence-electron chi connectivity index (χ4n) is 1.41. The number of benzene rings is 2. The molecule has 0 fully saturated rings. The Labute approximate surface area is 135 Å². The van der Waals surface area contributed by atoms with E-state index < -0.39 is 10.0 Å². The van der Waals surface area contributed by atoms with Gasteiger partial charge in [-0.15, -0.1) is 0 Å². The first kappa shape index (κ1) is 14.9. The summed E-state index contributed by atoms with van der Waals surface area (Å²) in [6, 6.07) is 11.2. The van der Waals surface area contributed by atoms with Crippen LogP contribution in [0, 0.1) is 3.57 Å². The summed E-state index contributed by atoms with van der Waals surface area (Å²) in [5.74, 6) is 0. The lowest BCUT2D eigenvalue weighted by Gasteiger charge is -2.09. The van der Waals surface area contributed by atoms with Crippen molar-refractivity contribution in [2.24, 2.45) is 0 Å². The molecule has 2 aromatic rings. The normalized spacial score (nSPS) is 11.3. The Bertz CT molecular complexity index is 719. The van der Waals surface area contributed by atoms with Gasteiger partial charge < -0.3 is 0 Å². The van der Waals surface area contributed by atoms with Crippen LogP contribution in [0.25, 0.3) is 0 Å². The van der Waals surface area contributed by atoms with Gasteiger partial charge in [-0.05, 0) is 59.0 Å². The van der Waals surface area contributed by atoms with Gasteiger partial charge in [0.05, 0.1) is 14.9 Å². The maximum absolute atomic E-state index is 12.2. The van der Waals surface area contributed by atoms with Crippen LogP contribution in [-0.4, -0.2) is 8.42 Å². The van der Waals surface area contributed by atoms with Crippen LogP contribution in [0.2, 0.25) is 10.0 Å². The van der Waals surface area contributed by atoms with E-state index in [1.807, 2.05) is 6.07 Å². The van der Waals surface area contributed by atoms with Crippen molar-refractivity contribution in [2.75, 3.05) is 4.72 Å². The molecular formula is C12H8Cl2INO2S. The third kappa shape index (κ3) is 3.75. The Balaban J connectivity index is 2.35. The maximum Gasteiger partial charge on any atom is 0.261 e. The number of sulfonamides is 1. The molecule has 2 rings (SSSR count). The zero-order valence-electron chi connectivity index (χ0n) is 9.40. The van der Waals surface area contributed by atoms with Gasteiger partial charge in [0.15, 0.2) is 0 Å². The molecule has 100 valence electrons. The molecule has 0 radical (unpaired) electrons. The Morgan fingerprint density at radius 2 is 1.74 bits per heavy atom. The third-order valence-corrected chi connectivity index (χ3v) is 5.07. The van der Waals surface area contributed by atoms with Crippen molar-refractivity contribution in [1.82, 2.24) is 0 Å². The minimum Gasteiger partial charge on any atom is -0.280 e. The summed E-state index contributed by atoms with van der Waals surface area (Å²) in [6.45, 7) is 0. The van der Waals surface area contributed by atoms with E-state index in [4.69, 9.17) is 23.2 Å². The summed E-state index contributed by atoms with van der Waals surface area (Å²) in [5, 5.41) is 0.516. The molecule has 0 heterocycles. The molecule has 2 aromatic carbocycles. The van der Waals surface area contributed by atoms with Crippen molar-refractivity contribution >= 4 is 61.5 Å². The standard InChI is InChI=1S/C12H8Cl2INO2S/c13-11-5-4-10(7-12(11)14)19(17,18)16-9-3-1-2-8(15)6-9/h1-7,16H. The van der Waals surface area contributed by atoms with Gasteiger partial charge in [-0.2, -0.15) is 0 Å². The molecule has 0 aliphatic carbocycles. The lowest BCUT2D eigenvalue weighted by Crippen LogP contribution is -2.12. The fourth-order valence-corrected chi connectivity index (χ4v) is 3.39. The van der Waals surface area contributed by atoms with Crippen LogP contribution in [0.4, 0.5) is 5.69 Å². The highest BCUT2D eigenvalue weighted by Crippen LogP contribution is 2.26. The van der Waals surface area contributed by atoms with Crippen LogP contribution in [0.15, 0.2) is 47.4 Å². The summed E-state index contributed by atoms with van der Waals surface area (Å²) in [7, 11) is -3.67. The highest BCUT2D eigenvalue weighted by molar-refractivity contribution is 14.1. The Morgan fingerprint density at radius 1 is 1.00 bits per heavy atom. The van der Waals surface area contributed by atoms with E-state index >= 15 is 0 Å².